The maximum absolute atomic E-state index is 11.3. The first kappa shape index (κ1) is 18.9. The molecule has 130 valence electrons. The Kier molecular flexibility index (Phi) is 6.49. The van der Waals surface area contributed by atoms with Gasteiger partial charge in [-0.05, 0) is 0 Å². The van der Waals surface area contributed by atoms with E-state index in [1.807, 2.05) is 0 Å². The van der Waals surface area contributed by atoms with E-state index in [1.165, 1.54) is 20.8 Å². The SMILES string of the molecule is CC(=O)OC(C(=O)O)C(C)[C@H]1OC[C@H](OC(C)=O)[C@@H]1OC(C)=O. The minimum absolute atomic E-state index is 0.0566. The quantitative estimate of drug-likeness (QED) is 0.524. The third-order valence-corrected chi connectivity index (χ3v) is 3.29. The van der Waals surface area contributed by atoms with Gasteiger partial charge in [0.15, 0.2) is 12.2 Å². The van der Waals surface area contributed by atoms with Crippen molar-refractivity contribution in [3.63, 3.8) is 0 Å². The van der Waals surface area contributed by atoms with Gasteiger partial charge in [0, 0.05) is 26.7 Å². The molecule has 1 aliphatic heterocycles. The van der Waals surface area contributed by atoms with Crippen molar-refractivity contribution in [3.05, 3.63) is 0 Å². The monoisotopic (exact) mass is 332 g/mol. The fraction of sp³-hybridized carbons (Fsp3) is 0.714. The molecule has 9 nitrogen and oxygen atoms in total. The van der Waals surface area contributed by atoms with Gasteiger partial charge in [0.2, 0.25) is 6.10 Å². The van der Waals surface area contributed by atoms with Crippen molar-refractivity contribution in [2.45, 2.75) is 52.1 Å². The first-order valence-corrected chi connectivity index (χ1v) is 6.99. The van der Waals surface area contributed by atoms with Crippen LogP contribution in [0.5, 0.6) is 0 Å². The van der Waals surface area contributed by atoms with Gasteiger partial charge in [0.25, 0.3) is 0 Å². The second-order valence-electron chi connectivity index (χ2n) is 5.25. The number of hydrogen-bond acceptors (Lipinski definition) is 8. The second kappa shape index (κ2) is 7.91. The lowest BCUT2D eigenvalue weighted by Crippen LogP contribution is -2.46. The van der Waals surface area contributed by atoms with Crippen LogP contribution in [0, 0.1) is 5.92 Å². The summed E-state index contributed by atoms with van der Waals surface area (Å²) in [4.78, 5) is 44.7. The maximum Gasteiger partial charge on any atom is 0.345 e. The van der Waals surface area contributed by atoms with Crippen molar-refractivity contribution >= 4 is 23.9 Å². The van der Waals surface area contributed by atoms with Crippen molar-refractivity contribution in [2.75, 3.05) is 6.61 Å². The van der Waals surface area contributed by atoms with Crippen molar-refractivity contribution in [1.29, 1.82) is 0 Å². The molecule has 9 heteroatoms. The lowest BCUT2D eigenvalue weighted by atomic mass is 9.93. The van der Waals surface area contributed by atoms with Crippen LogP contribution in [0.1, 0.15) is 27.7 Å². The van der Waals surface area contributed by atoms with E-state index in [0.717, 1.165) is 6.92 Å². The number of carboxylic acid groups (broad SMARTS) is 1. The summed E-state index contributed by atoms with van der Waals surface area (Å²) in [5, 5.41) is 9.21. The van der Waals surface area contributed by atoms with E-state index >= 15 is 0 Å². The molecule has 0 saturated carbocycles. The van der Waals surface area contributed by atoms with Crippen molar-refractivity contribution in [2.24, 2.45) is 5.92 Å². The lowest BCUT2D eigenvalue weighted by Gasteiger charge is -2.29. The van der Waals surface area contributed by atoms with Gasteiger partial charge in [-0.3, -0.25) is 14.4 Å². The van der Waals surface area contributed by atoms with Gasteiger partial charge in [0.1, 0.15) is 6.10 Å². The summed E-state index contributed by atoms with van der Waals surface area (Å²) >= 11 is 0. The summed E-state index contributed by atoms with van der Waals surface area (Å²) < 4.78 is 20.4. The van der Waals surface area contributed by atoms with Crippen molar-refractivity contribution < 1.29 is 43.2 Å². The van der Waals surface area contributed by atoms with E-state index in [9.17, 15) is 24.3 Å². The molecule has 1 N–H and O–H groups in total. The highest BCUT2D eigenvalue weighted by Crippen LogP contribution is 2.29. The zero-order valence-corrected chi connectivity index (χ0v) is 13.3. The Morgan fingerprint density at radius 2 is 1.61 bits per heavy atom. The molecule has 0 amide bonds. The summed E-state index contributed by atoms with van der Waals surface area (Å²) in [5.41, 5.74) is 0. The molecule has 0 aromatic carbocycles. The van der Waals surface area contributed by atoms with Crippen LogP contribution in [-0.2, 0) is 38.1 Å². The number of carbonyl (C=O) groups is 4. The third kappa shape index (κ3) is 5.20. The average molecular weight is 332 g/mol. The van der Waals surface area contributed by atoms with E-state index in [2.05, 4.69) is 0 Å². The predicted octanol–water partition coefficient (Wildman–Crippen LogP) is -0.0990. The average Bonchev–Trinajstić information content (AvgIpc) is 2.76. The number of esters is 3. The summed E-state index contributed by atoms with van der Waals surface area (Å²) in [6.07, 6.45) is -4.21. The zero-order chi connectivity index (χ0) is 17.7. The number of carboxylic acids is 1. The van der Waals surface area contributed by atoms with Gasteiger partial charge in [-0.25, -0.2) is 4.79 Å². The largest absolute Gasteiger partial charge is 0.478 e. The minimum Gasteiger partial charge on any atom is -0.478 e. The molecule has 0 aromatic rings. The second-order valence-corrected chi connectivity index (χ2v) is 5.25. The molecule has 1 rings (SSSR count). The van der Waals surface area contributed by atoms with E-state index in [0.29, 0.717) is 0 Å². The smallest absolute Gasteiger partial charge is 0.345 e. The summed E-state index contributed by atoms with van der Waals surface area (Å²) in [6, 6.07) is 0. The Hall–Kier alpha value is -2.16. The molecule has 0 aromatic heterocycles. The van der Waals surface area contributed by atoms with Gasteiger partial charge >= 0.3 is 23.9 Å². The van der Waals surface area contributed by atoms with Crippen LogP contribution < -0.4 is 0 Å². The molecule has 23 heavy (non-hydrogen) atoms. The number of carbonyl (C=O) groups excluding carboxylic acids is 3. The maximum atomic E-state index is 11.3. The normalized spacial score (nSPS) is 26.0. The third-order valence-electron chi connectivity index (χ3n) is 3.29. The zero-order valence-electron chi connectivity index (χ0n) is 13.3. The lowest BCUT2D eigenvalue weighted by molar-refractivity contribution is -0.174. The van der Waals surface area contributed by atoms with Crippen molar-refractivity contribution in [1.82, 2.24) is 0 Å². The van der Waals surface area contributed by atoms with Crippen LogP contribution in [0.15, 0.2) is 0 Å². The topological polar surface area (TPSA) is 125 Å². The van der Waals surface area contributed by atoms with Crippen LogP contribution in [0.4, 0.5) is 0 Å². The molecule has 0 spiro atoms. The Morgan fingerprint density at radius 3 is 2.04 bits per heavy atom. The Labute approximate surface area is 132 Å². The molecule has 1 aliphatic rings. The molecular formula is C14H20O9. The molecule has 2 unspecified atom stereocenters. The molecular weight excluding hydrogens is 312 g/mol. The molecule has 1 heterocycles. The first-order chi connectivity index (χ1) is 10.6. The Bertz CT molecular complexity index is 487. The van der Waals surface area contributed by atoms with Crippen LogP contribution in [0.3, 0.4) is 0 Å². The fourth-order valence-electron chi connectivity index (χ4n) is 2.44. The fourth-order valence-corrected chi connectivity index (χ4v) is 2.44. The summed E-state index contributed by atoms with van der Waals surface area (Å²) in [7, 11) is 0. The minimum atomic E-state index is -1.48. The number of hydrogen-bond donors (Lipinski definition) is 1. The molecule has 0 radical (unpaired) electrons. The highest BCUT2D eigenvalue weighted by atomic mass is 16.6. The molecule has 0 aliphatic carbocycles. The van der Waals surface area contributed by atoms with E-state index in [1.54, 1.807) is 0 Å². The highest BCUT2D eigenvalue weighted by Gasteiger charge is 2.48. The van der Waals surface area contributed by atoms with Crippen LogP contribution >= 0.6 is 0 Å². The van der Waals surface area contributed by atoms with Gasteiger partial charge in [0.05, 0.1) is 6.61 Å². The summed E-state index contributed by atoms with van der Waals surface area (Å²) in [5.74, 6) is -4.16. The number of rotatable bonds is 6. The van der Waals surface area contributed by atoms with E-state index in [4.69, 9.17) is 18.9 Å². The van der Waals surface area contributed by atoms with Gasteiger partial charge in [-0.15, -0.1) is 0 Å². The first-order valence-electron chi connectivity index (χ1n) is 6.99. The Balaban J connectivity index is 2.96. The van der Waals surface area contributed by atoms with E-state index < -0.39 is 54.2 Å². The highest BCUT2D eigenvalue weighted by molar-refractivity contribution is 5.77. The standard InChI is InChI=1S/C14H20O9/c1-6(12(14(18)19)22-8(3)16)11-13(23-9(4)17)10(5-20-11)21-7(2)15/h6,10-13H,5H2,1-4H3,(H,18,19)/t6?,10-,11+,12?,13-/m0/s1. The number of ether oxygens (including phenoxy) is 4. The molecule has 1 saturated heterocycles. The van der Waals surface area contributed by atoms with Crippen LogP contribution in [-0.4, -0.2) is 60.0 Å². The van der Waals surface area contributed by atoms with Crippen LogP contribution in [0.25, 0.3) is 0 Å². The molecule has 1 fully saturated rings. The predicted molar refractivity (Wildman–Crippen MR) is 73.2 cm³/mol. The van der Waals surface area contributed by atoms with Gasteiger partial charge in [-0.2, -0.15) is 0 Å². The van der Waals surface area contributed by atoms with Crippen LogP contribution in [0.2, 0.25) is 0 Å². The van der Waals surface area contributed by atoms with E-state index in [-0.39, 0.29) is 6.61 Å². The van der Waals surface area contributed by atoms with Crippen molar-refractivity contribution in [3.8, 4) is 0 Å². The number of aliphatic carboxylic acids is 1. The molecule has 5 atom stereocenters. The Morgan fingerprint density at radius 1 is 1.04 bits per heavy atom. The van der Waals surface area contributed by atoms with Gasteiger partial charge < -0.3 is 24.1 Å². The molecule has 0 bridgehead atoms. The summed E-state index contributed by atoms with van der Waals surface area (Å²) in [6.45, 7) is 4.88. The van der Waals surface area contributed by atoms with Gasteiger partial charge in [-0.1, -0.05) is 6.92 Å².